The predicted molar refractivity (Wildman–Crippen MR) is 40.1 cm³/mol. The van der Waals surface area contributed by atoms with Crippen LogP contribution in [0.5, 0.6) is 0 Å². The van der Waals surface area contributed by atoms with Gasteiger partial charge in [-0.2, -0.15) is 0 Å². The molecule has 0 spiro atoms. The number of furan rings is 1. The number of rotatable bonds is 0. The number of fused-ring (bicyclic) bond motifs is 1. The number of hydrogen-bond acceptors (Lipinski definition) is 1. The Morgan fingerprint density at radius 1 is 1.50 bits per heavy atom. The molecule has 1 heterocycles. The Balaban J connectivity index is 2.41. The van der Waals surface area contributed by atoms with Crippen molar-refractivity contribution in [1.82, 2.24) is 0 Å². The maximum Gasteiger partial charge on any atom is 0.193 e. The van der Waals surface area contributed by atoms with Crippen molar-refractivity contribution in [1.29, 1.82) is 0 Å². The van der Waals surface area contributed by atoms with Crippen LogP contribution < -0.4 is 0 Å². The Kier molecular flexibility index (Phi) is 1.46. The van der Waals surface area contributed by atoms with Gasteiger partial charge in [0.25, 0.3) is 0 Å². The highest BCUT2D eigenvalue weighted by molar-refractivity contribution is 6.29. The first kappa shape index (κ1) is 6.29. The molecule has 0 fully saturated rings. The van der Waals surface area contributed by atoms with E-state index in [-0.39, 0.29) is 0 Å². The topological polar surface area (TPSA) is 13.1 Å². The minimum Gasteiger partial charge on any atom is -0.449 e. The summed E-state index contributed by atoms with van der Waals surface area (Å²) in [5.41, 5.74) is 1.19. The Hall–Kier alpha value is -0.430. The van der Waals surface area contributed by atoms with Crippen molar-refractivity contribution in [2.45, 2.75) is 19.3 Å². The fourth-order valence-electron chi connectivity index (χ4n) is 1.30. The lowest BCUT2D eigenvalue weighted by Crippen LogP contribution is -1.95. The van der Waals surface area contributed by atoms with Gasteiger partial charge in [-0.15, -0.1) is 0 Å². The van der Waals surface area contributed by atoms with Crippen molar-refractivity contribution in [2.24, 2.45) is 0 Å². The molecule has 1 aliphatic rings. The van der Waals surface area contributed by atoms with Crippen LogP contribution in [-0.4, -0.2) is 0 Å². The molecule has 1 aliphatic carbocycles. The van der Waals surface area contributed by atoms with E-state index in [2.05, 4.69) is 6.42 Å². The summed E-state index contributed by atoms with van der Waals surface area (Å²) in [6.07, 6.45) is 5.56. The summed E-state index contributed by atoms with van der Waals surface area (Å²) in [5.74, 6) is 1.05. The molecule has 2 heteroatoms. The Morgan fingerprint density at radius 3 is 3.20 bits per heavy atom. The maximum atomic E-state index is 5.66. The van der Waals surface area contributed by atoms with Crippen molar-refractivity contribution in [3.63, 3.8) is 0 Å². The van der Waals surface area contributed by atoms with Gasteiger partial charge in [-0.25, -0.2) is 0 Å². The summed E-state index contributed by atoms with van der Waals surface area (Å²) in [4.78, 5) is 0. The normalized spacial score (nSPS) is 16.9. The third-order valence-electron chi connectivity index (χ3n) is 1.78. The number of hydrogen-bond donors (Lipinski definition) is 0. The molecule has 2 rings (SSSR count). The first-order chi connectivity index (χ1) is 4.86. The fraction of sp³-hybridized carbons (Fsp3) is 0.375. The molecule has 1 aromatic heterocycles. The van der Waals surface area contributed by atoms with E-state index in [0.717, 1.165) is 18.6 Å². The predicted octanol–water partition coefficient (Wildman–Crippen LogP) is 2.82. The monoisotopic (exact) mass is 155 g/mol. The second kappa shape index (κ2) is 2.31. The summed E-state index contributed by atoms with van der Waals surface area (Å²) >= 11 is 5.66. The van der Waals surface area contributed by atoms with Crippen LogP contribution in [0.15, 0.2) is 10.5 Å². The SMILES string of the molecule is Clc1cc2c(o1)CCC[CH]2. The van der Waals surface area contributed by atoms with Gasteiger partial charge in [0, 0.05) is 6.42 Å². The first-order valence-corrected chi connectivity index (χ1v) is 3.85. The maximum absolute atomic E-state index is 5.66. The van der Waals surface area contributed by atoms with Gasteiger partial charge in [0.05, 0.1) is 0 Å². The second-order valence-electron chi connectivity index (χ2n) is 2.53. The molecule has 10 heavy (non-hydrogen) atoms. The third kappa shape index (κ3) is 0.948. The molecule has 0 atom stereocenters. The van der Waals surface area contributed by atoms with Gasteiger partial charge in [0.1, 0.15) is 5.76 Å². The van der Waals surface area contributed by atoms with E-state index in [4.69, 9.17) is 16.0 Å². The van der Waals surface area contributed by atoms with Crippen LogP contribution in [0.25, 0.3) is 0 Å². The number of halogens is 1. The molecule has 0 aromatic carbocycles. The molecule has 0 aliphatic heterocycles. The van der Waals surface area contributed by atoms with E-state index in [1.807, 2.05) is 6.07 Å². The molecule has 0 N–H and O–H groups in total. The summed E-state index contributed by atoms with van der Waals surface area (Å²) in [6.45, 7) is 0. The van der Waals surface area contributed by atoms with E-state index < -0.39 is 0 Å². The number of aryl methyl sites for hydroxylation is 1. The third-order valence-corrected chi connectivity index (χ3v) is 1.97. The van der Waals surface area contributed by atoms with E-state index in [1.165, 1.54) is 12.0 Å². The molecule has 0 amide bonds. The van der Waals surface area contributed by atoms with Gasteiger partial charge >= 0.3 is 0 Å². The Labute approximate surface area is 65.0 Å². The zero-order valence-electron chi connectivity index (χ0n) is 5.56. The lowest BCUT2D eigenvalue weighted by molar-refractivity contribution is 0.493. The summed E-state index contributed by atoms with van der Waals surface area (Å²) in [5, 5.41) is 0.517. The van der Waals surface area contributed by atoms with Crippen molar-refractivity contribution in [2.75, 3.05) is 0 Å². The molecule has 0 bridgehead atoms. The Morgan fingerprint density at radius 2 is 2.40 bits per heavy atom. The van der Waals surface area contributed by atoms with Gasteiger partial charge in [-0.1, -0.05) is 0 Å². The van der Waals surface area contributed by atoms with Crippen LogP contribution in [0.3, 0.4) is 0 Å². The van der Waals surface area contributed by atoms with Crippen molar-refractivity contribution in [3.05, 3.63) is 29.0 Å². The highest BCUT2D eigenvalue weighted by Crippen LogP contribution is 2.27. The Bertz CT molecular complexity index is 216. The summed E-state index contributed by atoms with van der Waals surface area (Å²) in [6, 6.07) is 1.88. The van der Waals surface area contributed by atoms with Crippen LogP contribution in [0, 0.1) is 6.42 Å². The minimum absolute atomic E-state index is 0.517. The van der Waals surface area contributed by atoms with E-state index in [1.54, 1.807) is 0 Å². The molecular formula is C8H8ClO. The highest BCUT2D eigenvalue weighted by Gasteiger charge is 2.13. The van der Waals surface area contributed by atoms with Crippen LogP contribution in [-0.2, 0) is 6.42 Å². The van der Waals surface area contributed by atoms with Crippen LogP contribution in [0.2, 0.25) is 5.22 Å². The van der Waals surface area contributed by atoms with Crippen LogP contribution in [0.1, 0.15) is 24.2 Å². The average Bonchev–Trinajstić information content (AvgIpc) is 2.27. The van der Waals surface area contributed by atoms with Crippen molar-refractivity contribution in [3.8, 4) is 0 Å². The smallest absolute Gasteiger partial charge is 0.193 e. The van der Waals surface area contributed by atoms with Gasteiger partial charge in [-0.3, -0.25) is 0 Å². The molecular weight excluding hydrogens is 148 g/mol. The second-order valence-corrected chi connectivity index (χ2v) is 2.90. The standard InChI is InChI=1S/C8H8ClO/c9-8-5-6-3-1-2-4-7(6)10-8/h3,5H,1-2,4H2. The van der Waals surface area contributed by atoms with E-state index in [9.17, 15) is 0 Å². The summed E-state index contributed by atoms with van der Waals surface area (Å²) < 4.78 is 5.24. The summed E-state index contributed by atoms with van der Waals surface area (Å²) in [7, 11) is 0. The lowest BCUT2D eigenvalue weighted by Gasteiger charge is -2.06. The van der Waals surface area contributed by atoms with Gasteiger partial charge in [-0.05, 0) is 42.5 Å². The van der Waals surface area contributed by atoms with E-state index >= 15 is 0 Å². The van der Waals surface area contributed by atoms with Crippen molar-refractivity contribution < 1.29 is 4.42 Å². The minimum atomic E-state index is 0.517. The average molecular weight is 156 g/mol. The highest BCUT2D eigenvalue weighted by atomic mass is 35.5. The first-order valence-electron chi connectivity index (χ1n) is 3.48. The zero-order chi connectivity index (χ0) is 6.97. The van der Waals surface area contributed by atoms with Gasteiger partial charge < -0.3 is 4.42 Å². The van der Waals surface area contributed by atoms with Crippen LogP contribution in [0.4, 0.5) is 0 Å². The molecule has 1 radical (unpaired) electrons. The molecule has 53 valence electrons. The molecule has 0 unspecified atom stereocenters. The van der Waals surface area contributed by atoms with E-state index in [0.29, 0.717) is 5.22 Å². The molecule has 1 nitrogen and oxygen atoms in total. The quantitative estimate of drug-likeness (QED) is 0.562. The molecule has 0 saturated heterocycles. The zero-order valence-corrected chi connectivity index (χ0v) is 6.32. The lowest BCUT2D eigenvalue weighted by atomic mass is 9.99. The van der Waals surface area contributed by atoms with Gasteiger partial charge in [0.2, 0.25) is 0 Å². The van der Waals surface area contributed by atoms with Crippen LogP contribution >= 0.6 is 11.6 Å². The largest absolute Gasteiger partial charge is 0.449 e. The molecule has 1 aromatic rings. The van der Waals surface area contributed by atoms with Crippen molar-refractivity contribution >= 4 is 11.6 Å². The van der Waals surface area contributed by atoms with Gasteiger partial charge in [0.15, 0.2) is 5.22 Å². The fourth-order valence-corrected chi connectivity index (χ4v) is 1.51. The molecule has 0 saturated carbocycles.